The van der Waals surface area contributed by atoms with Crippen LogP contribution in [0.1, 0.15) is 30.4 Å². The summed E-state index contributed by atoms with van der Waals surface area (Å²) in [6.07, 6.45) is 4.00. The fraction of sp³-hybridized carbons (Fsp3) is 0.333. The van der Waals surface area contributed by atoms with Crippen LogP contribution in [0.2, 0.25) is 5.02 Å². The minimum Gasteiger partial charge on any atom is -0.467 e. The Morgan fingerprint density at radius 2 is 1.92 bits per heavy atom. The smallest absolute Gasteiger partial charge is 0.328 e. The third kappa shape index (κ3) is 8.71. The molecule has 0 aliphatic carbocycles. The number of hydrogen-bond donors (Lipinski definition) is 3. The highest BCUT2D eigenvalue weighted by atomic mass is 35.5. The van der Waals surface area contributed by atoms with Crippen molar-refractivity contribution >= 4 is 41.4 Å². The molecule has 196 valence electrons. The molecule has 37 heavy (non-hydrogen) atoms. The molecular formula is C27H29ClFN3O5. The monoisotopic (exact) mass is 529 g/mol. The van der Waals surface area contributed by atoms with Crippen LogP contribution < -0.4 is 16.0 Å². The maximum Gasteiger partial charge on any atom is 0.328 e. The summed E-state index contributed by atoms with van der Waals surface area (Å²) in [4.78, 5) is 50.2. The zero-order valence-corrected chi connectivity index (χ0v) is 21.1. The van der Waals surface area contributed by atoms with E-state index in [1.54, 1.807) is 0 Å². The number of ether oxygens (including phenoxy) is 1. The Bertz CT molecular complexity index is 1140. The zero-order chi connectivity index (χ0) is 26.8. The van der Waals surface area contributed by atoms with E-state index in [2.05, 4.69) is 16.0 Å². The summed E-state index contributed by atoms with van der Waals surface area (Å²) in [5.41, 5.74) is 1.17. The Kier molecular flexibility index (Phi) is 10.2. The lowest BCUT2D eigenvalue weighted by atomic mass is 9.98. The first-order valence-corrected chi connectivity index (χ1v) is 12.3. The Hall–Kier alpha value is -3.72. The van der Waals surface area contributed by atoms with Crippen molar-refractivity contribution in [1.29, 1.82) is 0 Å². The van der Waals surface area contributed by atoms with Gasteiger partial charge in [0.2, 0.25) is 17.7 Å². The number of carbonyl (C=O) groups excluding carboxylic acids is 4. The van der Waals surface area contributed by atoms with Gasteiger partial charge in [0, 0.05) is 30.0 Å². The molecule has 3 amide bonds. The van der Waals surface area contributed by atoms with E-state index in [-0.39, 0.29) is 29.7 Å². The molecule has 1 aliphatic rings. The summed E-state index contributed by atoms with van der Waals surface area (Å²) >= 11 is 5.86. The van der Waals surface area contributed by atoms with Crippen LogP contribution in [0.25, 0.3) is 6.08 Å². The van der Waals surface area contributed by atoms with Crippen molar-refractivity contribution in [3.63, 3.8) is 0 Å². The minimum atomic E-state index is -1.02. The van der Waals surface area contributed by atoms with Gasteiger partial charge >= 0.3 is 5.97 Å². The van der Waals surface area contributed by atoms with Crippen molar-refractivity contribution in [1.82, 2.24) is 16.0 Å². The van der Waals surface area contributed by atoms with Gasteiger partial charge in [0.05, 0.1) is 7.11 Å². The predicted molar refractivity (Wildman–Crippen MR) is 137 cm³/mol. The van der Waals surface area contributed by atoms with E-state index in [1.165, 1.54) is 31.4 Å². The van der Waals surface area contributed by atoms with E-state index < -0.39 is 35.7 Å². The third-order valence-corrected chi connectivity index (χ3v) is 6.21. The average Bonchev–Trinajstić information content (AvgIpc) is 3.28. The molecule has 0 unspecified atom stereocenters. The summed E-state index contributed by atoms with van der Waals surface area (Å²) in [5.74, 6) is -2.66. The largest absolute Gasteiger partial charge is 0.467 e. The maximum atomic E-state index is 13.6. The van der Waals surface area contributed by atoms with E-state index in [1.807, 2.05) is 30.3 Å². The molecule has 1 saturated heterocycles. The number of benzene rings is 2. The van der Waals surface area contributed by atoms with Gasteiger partial charge in [0.15, 0.2) is 0 Å². The fourth-order valence-corrected chi connectivity index (χ4v) is 4.30. The van der Waals surface area contributed by atoms with Gasteiger partial charge in [-0.3, -0.25) is 14.4 Å². The van der Waals surface area contributed by atoms with Crippen molar-refractivity contribution in [2.24, 2.45) is 5.92 Å². The molecule has 0 bridgehead atoms. The van der Waals surface area contributed by atoms with Crippen LogP contribution in [-0.4, -0.2) is 49.4 Å². The number of esters is 1. The van der Waals surface area contributed by atoms with Crippen LogP contribution in [-0.2, 0) is 30.3 Å². The molecule has 3 rings (SSSR count). The van der Waals surface area contributed by atoms with E-state index >= 15 is 0 Å². The molecule has 2 aromatic carbocycles. The molecule has 0 radical (unpaired) electrons. The van der Waals surface area contributed by atoms with Crippen LogP contribution in [0.3, 0.4) is 0 Å². The molecule has 3 N–H and O–H groups in total. The minimum absolute atomic E-state index is 0.0736. The number of hydrogen-bond acceptors (Lipinski definition) is 5. The first-order chi connectivity index (χ1) is 17.7. The Morgan fingerprint density at radius 1 is 1.16 bits per heavy atom. The SMILES string of the molecule is COC(=O)[C@H](CC[C@@H]1CCNC1=O)NC(=O)[C@H](Cc1ccccc1)NC(=O)/C=C/c1cc(F)cc(Cl)c1. The van der Waals surface area contributed by atoms with Crippen molar-refractivity contribution in [2.45, 2.75) is 37.8 Å². The van der Waals surface area contributed by atoms with Gasteiger partial charge in [-0.05, 0) is 54.7 Å². The van der Waals surface area contributed by atoms with Crippen molar-refractivity contribution in [3.05, 3.63) is 76.6 Å². The highest BCUT2D eigenvalue weighted by molar-refractivity contribution is 6.30. The summed E-state index contributed by atoms with van der Waals surface area (Å²) in [6.45, 7) is 0.583. The van der Waals surface area contributed by atoms with Crippen LogP contribution >= 0.6 is 11.6 Å². The number of carbonyl (C=O) groups is 4. The topological polar surface area (TPSA) is 114 Å². The quantitative estimate of drug-likeness (QED) is 0.306. The standard InChI is InChI=1S/C27H29ClFN3O5/c1-37-27(36)22(9-8-19-11-12-30-25(19)34)32-26(35)23(15-17-5-3-2-4-6-17)31-24(33)10-7-18-13-20(28)16-21(29)14-18/h2-7,10,13-14,16,19,22-23H,8-9,11-12,15H2,1H3,(H,30,34)(H,31,33)(H,32,35)/b10-7+/t19-,22+,23+/m1/s1. The highest BCUT2D eigenvalue weighted by Gasteiger charge is 2.30. The van der Waals surface area contributed by atoms with Gasteiger partial charge in [-0.15, -0.1) is 0 Å². The first kappa shape index (κ1) is 27.9. The van der Waals surface area contributed by atoms with Crippen LogP contribution in [0.15, 0.2) is 54.6 Å². The number of rotatable bonds is 11. The Balaban J connectivity index is 1.71. The van der Waals surface area contributed by atoms with Gasteiger partial charge in [0.1, 0.15) is 17.9 Å². The molecule has 0 saturated carbocycles. The van der Waals surface area contributed by atoms with Crippen molar-refractivity contribution in [3.8, 4) is 0 Å². The van der Waals surface area contributed by atoms with Crippen molar-refractivity contribution < 1.29 is 28.3 Å². The van der Waals surface area contributed by atoms with Gasteiger partial charge in [-0.1, -0.05) is 41.9 Å². The maximum absolute atomic E-state index is 13.6. The summed E-state index contributed by atoms with van der Waals surface area (Å²) in [7, 11) is 1.22. The van der Waals surface area contributed by atoms with Gasteiger partial charge in [-0.25, -0.2) is 9.18 Å². The van der Waals surface area contributed by atoms with Crippen LogP contribution in [0, 0.1) is 11.7 Å². The lowest BCUT2D eigenvalue weighted by Crippen LogP contribution is -2.52. The average molecular weight is 530 g/mol. The molecule has 1 fully saturated rings. The van der Waals surface area contributed by atoms with Crippen molar-refractivity contribution in [2.75, 3.05) is 13.7 Å². The first-order valence-electron chi connectivity index (χ1n) is 11.9. The molecule has 1 aliphatic heterocycles. The second kappa shape index (κ2) is 13.5. The molecule has 1 heterocycles. The predicted octanol–water partition coefficient (Wildman–Crippen LogP) is 2.79. The normalized spacial score (nSPS) is 16.6. The molecule has 10 heteroatoms. The lowest BCUT2D eigenvalue weighted by Gasteiger charge is -2.22. The molecule has 3 atom stereocenters. The lowest BCUT2D eigenvalue weighted by molar-refractivity contribution is -0.145. The summed E-state index contributed by atoms with van der Waals surface area (Å²) in [5, 5.41) is 8.26. The highest BCUT2D eigenvalue weighted by Crippen LogP contribution is 2.18. The van der Waals surface area contributed by atoms with Gasteiger partial charge < -0.3 is 20.7 Å². The molecule has 0 spiro atoms. The zero-order valence-electron chi connectivity index (χ0n) is 20.3. The number of methoxy groups -OCH3 is 1. The van der Waals surface area contributed by atoms with Gasteiger partial charge in [0.25, 0.3) is 0 Å². The third-order valence-electron chi connectivity index (χ3n) is 6.00. The molecule has 0 aromatic heterocycles. The van der Waals surface area contributed by atoms with E-state index in [4.69, 9.17) is 16.3 Å². The van der Waals surface area contributed by atoms with Crippen LogP contribution in [0.5, 0.6) is 0 Å². The number of amides is 3. The summed E-state index contributed by atoms with van der Waals surface area (Å²) in [6, 6.07) is 10.9. The van der Waals surface area contributed by atoms with E-state index in [0.29, 0.717) is 24.9 Å². The van der Waals surface area contributed by atoms with E-state index in [9.17, 15) is 23.6 Å². The second-order valence-corrected chi connectivity index (χ2v) is 9.16. The number of halogens is 2. The Labute approximate surface area is 219 Å². The Morgan fingerprint density at radius 3 is 2.57 bits per heavy atom. The molecular weight excluding hydrogens is 501 g/mol. The van der Waals surface area contributed by atoms with Crippen LogP contribution in [0.4, 0.5) is 4.39 Å². The fourth-order valence-electron chi connectivity index (χ4n) is 4.07. The van der Waals surface area contributed by atoms with E-state index in [0.717, 1.165) is 11.6 Å². The molecule has 2 aromatic rings. The van der Waals surface area contributed by atoms with Gasteiger partial charge in [-0.2, -0.15) is 0 Å². The number of nitrogens with one attached hydrogen (secondary N) is 3. The second-order valence-electron chi connectivity index (χ2n) is 8.73. The molecule has 8 nitrogen and oxygen atoms in total. The summed E-state index contributed by atoms with van der Waals surface area (Å²) < 4.78 is 18.4.